The molecule has 2 nitrogen and oxygen atoms in total. The normalized spacial score (nSPS) is 9.08. The molecule has 0 spiro atoms. The average Bonchev–Trinajstić information content (AvgIpc) is 2.09. The molecule has 1 aromatic rings. The second kappa shape index (κ2) is 3.51. The molecule has 1 rings (SSSR count). The number of hydrogen-bond acceptors (Lipinski definition) is 2. The highest BCUT2D eigenvalue weighted by Gasteiger charge is 2.03. The van der Waals surface area contributed by atoms with Gasteiger partial charge in [0, 0.05) is 10.0 Å². The highest BCUT2D eigenvalue weighted by molar-refractivity contribution is 9.10. The van der Waals surface area contributed by atoms with Gasteiger partial charge in [0.1, 0.15) is 6.29 Å². The van der Waals surface area contributed by atoms with E-state index in [-0.39, 0.29) is 0 Å². The summed E-state index contributed by atoms with van der Waals surface area (Å²) in [5.41, 5.74) is 1.92. The van der Waals surface area contributed by atoms with E-state index in [1.807, 2.05) is 13.0 Å². The van der Waals surface area contributed by atoms with Gasteiger partial charge in [-0.25, -0.2) is 0 Å². The maximum atomic E-state index is 10.4. The lowest BCUT2D eigenvalue weighted by molar-refractivity contribution is 0.112. The van der Waals surface area contributed by atoms with Gasteiger partial charge < -0.3 is 0 Å². The van der Waals surface area contributed by atoms with Crippen LogP contribution >= 0.6 is 15.9 Å². The topological polar surface area (TPSA) is 40.9 Å². The Morgan fingerprint density at radius 3 is 2.75 bits per heavy atom. The first-order valence-corrected chi connectivity index (χ1v) is 4.13. The van der Waals surface area contributed by atoms with E-state index in [1.54, 1.807) is 12.1 Å². The molecular formula is C9H6BrNO. The maximum absolute atomic E-state index is 10.4. The largest absolute Gasteiger partial charge is 0.298 e. The summed E-state index contributed by atoms with van der Waals surface area (Å²) in [5.74, 6) is 0. The lowest BCUT2D eigenvalue weighted by atomic mass is 10.1. The van der Waals surface area contributed by atoms with Crippen molar-refractivity contribution in [3.63, 3.8) is 0 Å². The average molecular weight is 224 g/mol. The van der Waals surface area contributed by atoms with Crippen LogP contribution in [0.1, 0.15) is 21.5 Å². The van der Waals surface area contributed by atoms with Crippen molar-refractivity contribution in [3.05, 3.63) is 33.3 Å². The van der Waals surface area contributed by atoms with Crippen LogP contribution in [0.25, 0.3) is 0 Å². The number of rotatable bonds is 1. The minimum Gasteiger partial charge on any atom is -0.298 e. The minimum atomic E-state index is 0.518. The predicted molar refractivity (Wildman–Crippen MR) is 49.0 cm³/mol. The maximum Gasteiger partial charge on any atom is 0.150 e. The summed E-state index contributed by atoms with van der Waals surface area (Å²) in [7, 11) is 0. The molecule has 3 heteroatoms. The number of carbonyl (C=O) groups excluding carboxylic acids is 1. The summed E-state index contributed by atoms with van der Waals surface area (Å²) >= 11 is 3.27. The van der Waals surface area contributed by atoms with Crippen LogP contribution in [0.4, 0.5) is 0 Å². The molecule has 0 aliphatic carbocycles. The van der Waals surface area contributed by atoms with Crippen molar-refractivity contribution in [3.8, 4) is 6.07 Å². The second-order valence-corrected chi connectivity index (χ2v) is 3.26. The Bertz CT molecular complexity index is 366. The van der Waals surface area contributed by atoms with Gasteiger partial charge in [-0.05, 0) is 24.6 Å². The van der Waals surface area contributed by atoms with E-state index in [0.717, 1.165) is 16.3 Å². The van der Waals surface area contributed by atoms with Gasteiger partial charge >= 0.3 is 0 Å². The van der Waals surface area contributed by atoms with Gasteiger partial charge in [0.15, 0.2) is 0 Å². The Morgan fingerprint density at radius 2 is 2.25 bits per heavy atom. The Morgan fingerprint density at radius 1 is 1.58 bits per heavy atom. The first-order valence-electron chi connectivity index (χ1n) is 3.34. The molecule has 0 radical (unpaired) electrons. The molecule has 0 aliphatic heterocycles. The molecule has 0 N–H and O–H groups in total. The highest BCUT2D eigenvalue weighted by atomic mass is 79.9. The van der Waals surface area contributed by atoms with Crippen LogP contribution in [0.3, 0.4) is 0 Å². The van der Waals surface area contributed by atoms with E-state index in [1.165, 1.54) is 0 Å². The van der Waals surface area contributed by atoms with Gasteiger partial charge in [-0.3, -0.25) is 4.79 Å². The molecule has 1 aromatic carbocycles. The first-order chi connectivity index (χ1) is 5.69. The fourth-order valence-corrected chi connectivity index (χ4v) is 1.36. The quantitative estimate of drug-likeness (QED) is 0.687. The molecule has 0 atom stereocenters. The summed E-state index contributed by atoms with van der Waals surface area (Å²) in [4.78, 5) is 10.4. The monoisotopic (exact) mass is 223 g/mol. The Hall–Kier alpha value is -1.14. The number of nitrogens with zero attached hydrogens (tertiary/aromatic N) is 1. The molecule has 0 fully saturated rings. The van der Waals surface area contributed by atoms with Crippen molar-refractivity contribution in [1.82, 2.24) is 0 Å². The third kappa shape index (κ3) is 1.54. The molecule has 0 aliphatic rings. The zero-order valence-electron chi connectivity index (χ0n) is 6.47. The molecule has 0 unspecified atom stereocenters. The minimum absolute atomic E-state index is 0.518. The van der Waals surface area contributed by atoms with Crippen molar-refractivity contribution < 1.29 is 4.79 Å². The first kappa shape index (κ1) is 8.95. The van der Waals surface area contributed by atoms with Gasteiger partial charge in [-0.2, -0.15) is 5.26 Å². The van der Waals surface area contributed by atoms with Gasteiger partial charge in [0.05, 0.1) is 11.6 Å². The van der Waals surface area contributed by atoms with Crippen LogP contribution in [0.2, 0.25) is 0 Å². The van der Waals surface area contributed by atoms with E-state index < -0.39 is 0 Å². The van der Waals surface area contributed by atoms with E-state index in [9.17, 15) is 4.79 Å². The number of hydrogen-bond donors (Lipinski definition) is 0. The number of halogens is 1. The molecule has 12 heavy (non-hydrogen) atoms. The Kier molecular flexibility index (Phi) is 2.61. The molecule has 0 amide bonds. The molecular weight excluding hydrogens is 218 g/mol. The van der Waals surface area contributed by atoms with E-state index in [4.69, 9.17) is 5.26 Å². The molecule has 0 bridgehead atoms. The van der Waals surface area contributed by atoms with Crippen molar-refractivity contribution in [2.75, 3.05) is 0 Å². The zero-order valence-corrected chi connectivity index (χ0v) is 8.05. The van der Waals surface area contributed by atoms with Crippen LogP contribution in [-0.2, 0) is 0 Å². The van der Waals surface area contributed by atoms with Crippen LogP contribution in [-0.4, -0.2) is 6.29 Å². The SMILES string of the molecule is Cc1c(Br)cc(C=O)cc1C#N. The zero-order chi connectivity index (χ0) is 9.14. The van der Waals surface area contributed by atoms with E-state index in [2.05, 4.69) is 15.9 Å². The fraction of sp³-hybridized carbons (Fsp3) is 0.111. The standard InChI is InChI=1S/C9H6BrNO/c1-6-8(4-11)2-7(5-12)3-9(6)10/h2-3,5H,1H3. The highest BCUT2D eigenvalue weighted by Crippen LogP contribution is 2.20. The Labute approximate surface area is 78.9 Å². The van der Waals surface area contributed by atoms with Crippen LogP contribution < -0.4 is 0 Å². The van der Waals surface area contributed by atoms with Gasteiger partial charge in [-0.1, -0.05) is 15.9 Å². The summed E-state index contributed by atoms with van der Waals surface area (Å²) in [6.07, 6.45) is 0.727. The molecule has 60 valence electrons. The van der Waals surface area contributed by atoms with E-state index >= 15 is 0 Å². The smallest absolute Gasteiger partial charge is 0.150 e. The predicted octanol–water partition coefficient (Wildman–Crippen LogP) is 2.44. The van der Waals surface area contributed by atoms with Gasteiger partial charge in [-0.15, -0.1) is 0 Å². The number of nitriles is 1. The fourth-order valence-electron chi connectivity index (χ4n) is 0.884. The third-order valence-electron chi connectivity index (χ3n) is 1.62. The van der Waals surface area contributed by atoms with Crippen molar-refractivity contribution in [2.24, 2.45) is 0 Å². The molecule has 0 saturated carbocycles. The van der Waals surface area contributed by atoms with Crippen molar-refractivity contribution >= 4 is 22.2 Å². The summed E-state index contributed by atoms with van der Waals surface area (Å²) < 4.78 is 0.795. The second-order valence-electron chi connectivity index (χ2n) is 2.40. The number of carbonyl (C=O) groups is 1. The van der Waals surface area contributed by atoms with Crippen LogP contribution in [0.15, 0.2) is 16.6 Å². The molecule has 0 saturated heterocycles. The Balaban J connectivity index is 3.41. The third-order valence-corrected chi connectivity index (χ3v) is 2.45. The number of benzene rings is 1. The van der Waals surface area contributed by atoms with Crippen molar-refractivity contribution in [2.45, 2.75) is 6.92 Å². The van der Waals surface area contributed by atoms with Crippen LogP contribution in [0, 0.1) is 18.3 Å². The summed E-state index contributed by atoms with van der Waals surface area (Å²) in [6.45, 7) is 1.83. The number of aldehydes is 1. The summed E-state index contributed by atoms with van der Waals surface area (Å²) in [6, 6.07) is 5.30. The van der Waals surface area contributed by atoms with Crippen LogP contribution in [0.5, 0.6) is 0 Å². The molecule has 0 aromatic heterocycles. The lowest BCUT2D eigenvalue weighted by Crippen LogP contribution is -1.88. The van der Waals surface area contributed by atoms with Crippen molar-refractivity contribution in [1.29, 1.82) is 5.26 Å². The van der Waals surface area contributed by atoms with E-state index in [0.29, 0.717) is 11.1 Å². The molecule has 0 heterocycles. The van der Waals surface area contributed by atoms with Gasteiger partial charge in [0.2, 0.25) is 0 Å². The van der Waals surface area contributed by atoms with Gasteiger partial charge in [0.25, 0.3) is 0 Å². The summed E-state index contributed by atoms with van der Waals surface area (Å²) in [5, 5.41) is 8.68. The lowest BCUT2D eigenvalue weighted by Gasteiger charge is -2.00.